The van der Waals surface area contributed by atoms with E-state index in [0.717, 1.165) is 57.8 Å². The van der Waals surface area contributed by atoms with Gasteiger partial charge >= 0.3 is 0 Å². The van der Waals surface area contributed by atoms with Crippen molar-refractivity contribution in [3.05, 3.63) is 72.9 Å². The van der Waals surface area contributed by atoms with Crippen LogP contribution in [0.25, 0.3) is 0 Å². The van der Waals surface area contributed by atoms with Gasteiger partial charge in [0.1, 0.15) is 48.8 Å². The highest BCUT2D eigenvalue weighted by Gasteiger charge is 2.51. The fourth-order valence-corrected chi connectivity index (χ4v) is 13.1. The van der Waals surface area contributed by atoms with E-state index >= 15 is 0 Å². The van der Waals surface area contributed by atoms with Gasteiger partial charge in [0.05, 0.1) is 32.0 Å². The molecule has 2 saturated heterocycles. The molecule has 12 atom stereocenters. The first-order valence-electron chi connectivity index (χ1n) is 40.2. The van der Waals surface area contributed by atoms with Crippen LogP contribution in [0.2, 0.25) is 0 Å². The highest BCUT2D eigenvalue weighted by Crippen LogP contribution is 2.30. The van der Waals surface area contributed by atoms with Gasteiger partial charge in [-0.25, -0.2) is 0 Å². The smallest absolute Gasteiger partial charge is 0.220 e. The lowest BCUT2D eigenvalue weighted by Crippen LogP contribution is -2.65. The summed E-state index contributed by atoms with van der Waals surface area (Å²) in [6.07, 6.45) is 74.3. The molecule has 0 radical (unpaired) electrons. The molecule has 2 fully saturated rings. The molecule has 0 aromatic carbocycles. The molecule has 2 aliphatic heterocycles. The molecule has 560 valence electrons. The molecular weight excluding hydrogens is 1210 g/mol. The lowest BCUT2D eigenvalue weighted by Gasteiger charge is -2.46. The number of nitrogens with one attached hydrogen (secondary N) is 1. The predicted octanol–water partition coefficient (Wildman–Crippen LogP) is 18.1. The Balaban J connectivity index is 1.56. The molecule has 0 saturated carbocycles. The Morgan fingerprint density at radius 2 is 0.729 bits per heavy atom. The fourth-order valence-electron chi connectivity index (χ4n) is 13.1. The molecule has 0 aromatic rings. The highest BCUT2D eigenvalue weighted by atomic mass is 16.7. The van der Waals surface area contributed by atoms with Crippen LogP contribution in [0.1, 0.15) is 348 Å². The number of amides is 1. The van der Waals surface area contributed by atoms with Crippen LogP contribution < -0.4 is 5.32 Å². The molecule has 14 heteroatoms. The second-order valence-electron chi connectivity index (χ2n) is 28.2. The summed E-state index contributed by atoms with van der Waals surface area (Å²) in [5, 5.41) is 87.6. The van der Waals surface area contributed by atoms with E-state index < -0.39 is 86.8 Å². The predicted molar refractivity (Wildman–Crippen MR) is 397 cm³/mol. The van der Waals surface area contributed by atoms with E-state index in [-0.39, 0.29) is 18.9 Å². The first kappa shape index (κ1) is 89.5. The number of carbonyl (C=O) groups is 1. The average Bonchev–Trinajstić information content (AvgIpc) is 0.807. The van der Waals surface area contributed by atoms with Crippen LogP contribution in [0.3, 0.4) is 0 Å². The van der Waals surface area contributed by atoms with Crippen LogP contribution in [0, 0.1) is 0 Å². The molecule has 14 nitrogen and oxygen atoms in total. The molecular formula is C82H149NO13. The Morgan fingerprint density at radius 1 is 0.385 bits per heavy atom. The van der Waals surface area contributed by atoms with Gasteiger partial charge in [-0.15, -0.1) is 0 Å². The molecule has 0 aliphatic carbocycles. The van der Waals surface area contributed by atoms with Gasteiger partial charge in [-0.1, -0.05) is 344 Å². The quantitative estimate of drug-likeness (QED) is 0.0204. The highest BCUT2D eigenvalue weighted by molar-refractivity contribution is 5.76. The van der Waals surface area contributed by atoms with Crippen LogP contribution in [0.15, 0.2) is 72.9 Å². The van der Waals surface area contributed by atoms with Gasteiger partial charge in [-0.2, -0.15) is 0 Å². The summed E-state index contributed by atoms with van der Waals surface area (Å²) in [5.74, 6) is -0.243. The summed E-state index contributed by atoms with van der Waals surface area (Å²) < 4.78 is 22.9. The minimum absolute atomic E-state index is 0.243. The van der Waals surface area contributed by atoms with Gasteiger partial charge < -0.3 is 65.1 Å². The van der Waals surface area contributed by atoms with Gasteiger partial charge in [-0.3, -0.25) is 4.79 Å². The van der Waals surface area contributed by atoms with Crippen molar-refractivity contribution in [1.29, 1.82) is 0 Å². The van der Waals surface area contributed by atoms with Gasteiger partial charge in [0.15, 0.2) is 12.6 Å². The average molecular weight is 1360 g/mol. The zero-order chi connectivity index (χ0) is 69.4. The molecule has 0 aromatic heterocycles. The second kappa shape index (κ2) is 65.7. The third-order valence-electron chi connectivity index (χ3n) is 19.4. The summed E-state index contributed by atoms with van der Waals surface area (Å²) in [5.41, 5.74) is 0. The van der Waals surface area contributed by atoms with E-state index in [0.29, 0.717) is 12.8 Å². The number of aliphatic hydroxyl groups is 8. The molecule has 96 heavy (non-hydrogen) atoms. The Labute approximate surface area is 587 Å². The zero-order valence-corrected chi connectivity index (χ0v) is 61.4. The number of rotatable bonds is 67. The summed E-state index contributed by atoms with van der Waals surface area (Å²) in [7, 11) is 0. The number of allylic oxidation sites excluding steroid dienone is 11. The Bertz CT molecular complexity index is 1890. The maximum absolute atomic E-state index is 13.4. The number of aliphatic hydroxyl groups excluding tert-OH is 8. The van der Waals surface area contributed by atoms with Crippen LogP contribution in [-0.4, -0.2) is 140 Å². The summed E-state index contributed by atoms with van der Waals surface area (Å²) in [6.45, 7) is 2.71. The monoisotopic (exact) mass is 1360 g/mol. The van der Waals surface area contributed by atoms with Gasteiger partial charge in [0, 0.05) is 6.42 Å². The van der Waals surface area contributed by atoms with Crippen molar-refractivity contribution < 1.29 is 64.6 Å². The maximum Gasteiger partial charge on any atom is 0.220 e. The minimum atomic E-state index is -1.79. The Morgan fingerprint density at radius 3 is 1.15 bits per heavy atom. The van der Waals surface area contributed by atoms with Crippen LogP contribution in [-0.2, 0) is 23.7 Å². The van der Waals surface area contributed by atoms with Crippen molar-refractivity contribution >= 4 is 5.91 Å². The van der Waals surface area contributed by atoms with Crippen LogP contribution in [0.4, 0.5) is 0 Å². The number of hydrogen-bond donors (Lipinski definition) is 9. The summed E-state index contributed by atoms with van der Waals surface area (Å²) in [4.78, 5) is 13.4. The van der Waals surface area contributed by atoms with Crippen LogP contribution >= 0.6 is 0 Å². The van der Waals surface area contributed by atoms with Gasteiger partial charge in [0.2, 0.25) is 5.91 Å². The SMILES string of the molecule is CC/C=C\C/C=C\C/C=C\C/C=C\CCCCCCCCCCCCCCCCCCCCCCCCCCCCCCC(=O)NC(COC1OC(CO)C(OC2OC(CO)C(O)C(O)C2O)C(O)C1O)C(O)/C=C/CC/C=C/CCCCCCCCCCCCCCCCC. The second-order valence-corrected chi connectivity index (χ2v) is 28.2. The Hall–Kier alpha value is -2.57. The first-order valence-corrected chi connectivity index (χ1v) is 40.2. The largest absolute Gasteiger partial charge is 0.394 e. The lowest BCUT2D eigenvalue weighted by molar-refractivity contribution is -0.359. The van der Waals surface area contributed by atoms with E-state index in [9.17, 15) is 45.6 Å². The molecule has 12 unspecified atom stereocenters. The molecule has 2 heterocycles. The molecule has 2 aliphatic rings. The number of carbonyl (C=O) groups excluding carboxylic acids is 1. The lowest BCUT2D eigenvalue weighted by atomic mass is 9.97. The topological polar surface area (TPSA) is 228 Å². The molecule has 0 bridgehead atoms. The number of hydrogen-bond acceptors (Lipinski definition) is 13. The normalized spacial score (nSPS) is 22.6. The maximum atomic E-state index is 13.4. The molecule has 2 rings (SSSR count). The molecule has 0 spiro atoms. The standard InChI is InChI=1S/C82H149NO13/c1-3-5-7-9-11-13-15-17-19-21-23-25-26-27-28-29-30-31-32-33-34-35-36-37-38-39-40-41-42-43-44-46-48-50-52-54-56-58-60-62-64-66-74(87)83-70(71(86)65-63-61-59-57-55-53-51-49-47-45-24-22-20-18-16-14-12-10-8-6-4-2)69-93-81-79(92)77(90)80(73(68-85)95-81)96-82-78(91)76(89)75(88)72(67-84)94-82/h5,7,11,13,17,19,23,25,55,57,63,65,70-73,75-82,84-86,88-92H,3-4,6,8-10,12,14-16,18,20-22,24,26-54,56,58-62,64,66-69H2,1-2H3,(H,83,87)/b7-5-,13-11-,19-17-,25-23-,57-55+,65-63+. The van der Waals surface area contributed by atoms with E-state index in [4.69, 9.17) is 18.9 Å². The third kappa shape index (κ3) is 48.3. The molecule has 1 amide bonds. The van der Waals surface area contributed by atoms with E-state index in [1.165, 1.54) is 257 Å². The van der Waals surface area contributed by atoms with Crippen molar-refractivity contribution in [2.75, 3.05) is 19.8 Å². The van der Waals surface area contributed by atoms with Gasteiger partial charge in [-0.05, 0) is 70.6 Å². The van der Waals surface area contributed by atoms with Gasteiger partial charge in [0.25, 0.3) is 0 Å². The first-order chi connectivity index (χ1) is 47.1. The van der Waals surface area contributed by atoms with Crippen molar-refractivity contribution in [3.63, 3.8) is 0 Å². The third-order valence-corrected chi connectivity index (χ3v) is 19.4. The van der Waals surface area contributed by atoms with Crippen molar-refractivity contribution in [1.82, 2.24) is 5.32 Å². The summed E-state index contributed by atoms with van der Waals surface area (Å²) in [6, 6.07) is -0.933. The Kier molecular flexibility index (Phi) is 61.3. The van der Waals surface area contributed by atoms with Crippen LogP contribution in [0.5, 0.6) is 0 Å². The van der Waals surface area contributed by atoms with E-state index in [1.54, 1.807) is 6.08 Å². The van der Waals surface area contributed by atoms with Crippen molar-refractivity contribution in [2.45, 2.75) is 421 Å². The number of ether oxygens (including phenoxy) is 4. The fraction of sp³-hybridized carbons (Fsp3) is 0.841. The van der Waals surface area contributed by atoms with Crippen molar-refractivity contribution in [2.24, 2.45) is 0 Å². The summed E-state index contributed by atoms with van der Waals surface area (Å²) >= 11 is 0. The zero-order valence-electron chi connectivity index (χ0n) is 61.4. The minimum Gasteiger partial charge on any atom is -0.394 e. The van der Waals surface area contributed by atoms with Crippen molar-refractivity contribution in [3.8, 4) is 0 Å². The van der Waals surface area contributed by atoms with E-state index in [2.05, 4.69) is 79.9 Å². The number of unbranched alkanes of at least 4 members (excludes halogenated alkanes) is 44. The van der Waals surface area contributed by atoms with E-state index in [1.807, 2.05) is 6.08 Å². The molecule has 9 N–H and O–H groups in total.